The Bertz CT molecular complexity index is 865. The standard InChI is InChI=1S/C22H29N5S/c1-22(2,19-10-7-15-28-19)17-26-21(23-3)25-12-11-20-24-13-14-27(20)16-18-8-5-4-6-9-18/h4-10,13-15H,11-12,16-17H2,1-3H3,(H2,23,25,26). The van der Waals surface area contributed by atoms with E-state index in [0.717, 1.165) is 37.8 Å². The smallest absolute Gasteiger partial charge is 0.191 e. The van der Waals surface area contributed by atoms with Gasteiger partial charge in [0.15, 0.2) is 5.96 Å². The summed E-state index contributed by atoms with van der Waals surface area (Å²) in [4.78, 5) is 10.2. The highest BCUT2D eigenvalue weighted by Crippen LogP contribution is 2.26. The van der Waals surface area contributed by atoms with Gasteiger partial charge in [0.25, 0.3) is 0 Å². The summed E-state index contributed by atoms with van der Waals surface area (Å²) in [6.45, 7) is 6.96. The lowest BCUT2D eigenvalue weighted by molar-refractivity contribution is 0.518. The van der Waals surface area contributed by atoms with Gasteiger partial charge >= 0.3 is 0 Å². The normalized spacial score (nSPS) is 12.2. The van der Waals surface area contributed by atoms with Crippen LogP contribution in [0.1, 0.15) is 30.1 Å². The van der Waals surface area contributed by atoms with E-state index in [1.807, 2.05) is 25.5 Å². The van der Waals surface area contributed by atoms with E-state index in [2.05, 4.69) is 80.8 Å². The predicted molar refractivity (Wildman–Crippen MR) is 118 cm³/mol. The largest absolute Gasteiger partial charge is 0.356 e. The van der Waals surface area contributed by atoms with E-state index in [-0.39, 0.29) is 5.41 Å². The molecule has 148 valence electrons. The van der Waals surface area contributed by atoms with Gasteiger partial charge in [-0.05, 0) is 17.0 Å². The summed E-state index contributed by atoms with van der Waals surface area (Å²) in [7, 11) is 1.81. The first-order valence-electron chi connectivity index (χ1n) is 9.61. The minimum atomic E-state index is 0.0672. The van der Waals surface area contributed by atoms with E-state index in [1.165, 1.54) is 10.4 Å². The lowest BCUT2D eigenvalue weighted by Gasteiger charge is -2.25. The number of imidazole rings is 1. The molecule has 3 rings (SSSR count). The number of guanidine groups is 1. The van der Waals surface area contributed by atoms with Crippen LogP contribution in [0.15, 0.2) is 65.2 Å². The molecule has 0 aliphatic heterocycles. The fourth-order valence-electron chi connectivity index (χ4n) is 3.06. The number of hydrogen-bond donors (Lipinski definition) is 2. The van der Waals surface area contributed by atoms with Gasteiger partial charge in [-0.1, -0.05) is 50.2 Å². The molecule has 0 radical (unpaired) electrons. The maximum absolute atomic E-state index is 4.52. The van der Waals surface area contributed by atoms with Crippen LogP contribution in [-0.2, 0) is 18.4 Å². The van der Waals surface area contributed by atoms with Gasteiger partial charge in [0.1, 0.15) is 5.82 Å². The van der Waals surface area contributed by atoms with Crippen molar-refractivity contribution in [2.75, 3.05) is 20.1 Å². The Morgan fingerprint density at radius 2 is 1.96 bits per heavy atom. The highest BCUT2D eigenvalue weighted by molar-refractivity contribution is 7.10. The molecule has 5 nitrogen and oxygen atoms in total. The molecule has 0 saturated carbocycles. The molecule has 2 N–H and O–H groups in total. The number of aromatic nitrogens is 2. The molecule has 0 aliphatic rings. The van der Waals surface area contributed by atoms with Crippen LogP contribution in [0.2, 0.25) is 0 Å². The van der Waals surface area contributed by atoms with E-state index in [9.17, 15) is 0 Å². The maximum Gasteiger partial charge on any atom is 0.191 e. The van der Waals surface area contributed by atoms with Gasteiger partial charge in [0.2, 0.25) is 0 Å². The summed E-state index contributed by atoms with van der Waals surface area (Å²) in [5.41, 5.74) is 1.35. The Hall–Kier alpha value is -2.60. The van der Waals surface area contributed by atoms with Crippen molar-refractivity contribution in [3.05, 3.63) is 76.5 Å². The molecule has 0 saturated heterocycles. The van der Waals surface area contributed by atoms with Crippen LogP contribution in [0.4, 0.5) is 0 Å². The zero-order chi connectivity index (χ0) is 19.8. The Labute approximate surface area is 171 Å². The third-order valence-corrected chi connectivity index (χ3v) is 5.98. The fraction of sp³-hybridized carbons (Fsp3) is 0.364. The van der Waals surface area contributed by atoms with Crippen molar-refractivity contribution in [1.29, 1.82) is 0 Å². The van der Waals surface area contributed by atoms with E-state index < -0.39 is 0 Å². The molecule has 2 heterocycles. The van der Waals surface area contributed by atoms with Gasteiger partial charge in [-0.2, -0.15) is 0 Å². The average Bonchev–Trinajstić information content (AvgIpc) is 3.38. The number of thiophene rings is 1. The van der Waals surface area contributed by atoms with Crippen molar-refractivity contribution in [3.63, 3.8) is 0 Å². The van der Waals surface area contributed by atoms with Crippen molar-refractivity contribution in [3.8, 4) is 0 Å². The van der Waals surface area contributed by atoms with Crippen LogP contribution in [-0.4, -0.2) is 35.6 Å². The van der Waals surface area contributed by atoms with Gasteiger partial charge in [-0.3, -0.25) is 4.99 Å². The number of rotatable bonds is 8. The monoisotopic (exact) mass is 395 g/mol. The van der Waals surface area contributed by atoms with E-state index in [4.69, 9.17) is 0 Å². The summed E-state index contributed by atoms with van der Waals surface area (Å²) >= 11 is 1.80. The van der Waals surface area contributed by atoms with Crippen LogP contribution in [0.25, 0.3) is 0 Å². The zero-order valence-corrected chi connectivity index (χ0v) is 17.7. The highest BCUT2D eigenvalue weighted by atomic mass is 32.1. The topological polar surface area (TPSA) is 54.2 Å². The van der Waals surface area contributed by atoms with Crippen LogP contribution in [0.3, 0.4) is 0 Å². The van der Waals surface area contributed by atoms with Crippen molar-refractivity contribution >= 4 is 17.3 Å². The summed E-state index contributed by atoms with van der Waals surface area (Å²) in [5.74, 6) is 1.90. The first-order valence-corrected chi connectivity index (χ1v) is 10.5. The highest BCUT2D eigenvalue weighted by Gasteiger charge is 2.21. The van der Waals surface area contributed by atoms with Crippen LogP contribution < -0.4 is 10.6 Å². The molecule has 3 aromatic rings. The first-order chi connectivity index (χ1) is 13.6. The molecule has 0 atom stereocenters. The van der Waals surface area contributed by atoms with E-state index in [0.29, 0.717) is 0 Å². The van der Waals surface area contributed by atoms with Crippen molar-refractivity contribution in [2.24, 2.45) is 4.99 Å². The second kappa shape index (κ2) is 9.55. The molecule has 0 bridgehead atoms. The maximum atomic E-state index is 4.52. The lowest BCUT2D eigenvalue weighted by atomic mass is 9.91. The Morgan fingerprint density at radius 1 is 1.14 bits per heavy atom. The first kappa shape index (κ1) is 20.1. The second-order valence-corrected chi connectivity index (χ2v) is 8.37. The van der Waals surface area contributed by atoms with E-state index >= 15 is 0 Å². The third-order valence-electron chi connectivity index (χ3n) is 4.75. The van der Waals surface area contributed by atoms with Gasteiger partial charge in [-0.25, -0.2) is 4.98 Å². The van der Waals surface area contributed by atoms with Crippen LogP contribution in [0.5, 0.6) is 0 Å². The second-order valence-electron chi connectivity index (χ2n) is 7.42. The number of nitrogens with zero attached hydrogens (tertiary/aromatic N) is 3. The summed E-state index contributed by atoms with van der Waals surface area (Å²) in [6, 6.07) is 14.8. The zero-order valence-electron chi connectivity index (χ0n) is 16.9. The summed E-state index contributed by atoms with van der Waals surface area (Å²) in [5, 5.41) is 8.98. The Morgan fingerprint density at radius 3 is 2.68 bits per heavy atom. The summed E-state index contributed by atoms with van der Waals surface area (Å²) in [6.07, 6.45) is 4.75. The number of nitrogens with one attached hydrogen (secondary N) is 2. The van der Waals surface area contributed by atoms with Crippen molar-refractivity contribution in [1.82, 2.24) is 20.2 Å². The Balaban J connectivity index is 1.48. The van der Waals surface area contributed by atoms with Gasteiger partial charge in [0, 0.05) is 55.8 Å². The number of aliphatic imine (C=N–C) groups is 1. The van der Waals surface area contributed by atoms with Crippen LogP contribution >= 0.6 is 11.3 Å². The third kappa shape index (κ3) is 5.45. The molecule has 0 amide bonds. The van der Waals surface area contributed by atoms with Gasteiger partial charge in [0.05, 0.1) is 0 Å². The molecule has 0 fully saturated rings. The van der Waals surface area contributed by atoms with Crippen LogP contribution in [0, 0.1) is 0 Å². The van der Waals surface area contributed by atoms with Crippen molar-refractivity contribution < 1.29 is 0 Å². The minimum absolute atomic E-state index is 0.0672. The summed E-state index contributed by atoms with van der Waals surface area (Å²) < 4.78 is 2.20. The van der Waals surface area contributed by atoms with Gasteiger partial charge < -0.3 is 15.2 Å². The number of benzene rings is 1. The molecule has 28 heavy (non-hydrogen) atoms. The molecule has 1 aromatic carbocycles. The quantitative estimate of drug-likeness (QED) is 0.452. The van der Waals surface area contributed by atoms with Gasteiger partial charge in [-0.15, -0.1) is 11.3 Å². The molecule has 2 aromatic heterocycles. The molecule has 0 spiro atoms. The molecular formula is C22H29N5S. The Kier molecular flexibility index (Phi) is 6.87. The fourth-order valence-corrected chi connectivity index (χ4v) is 3.91. The lowest BCUT2D eigenvalue weighted by Crippen LogP contribution is -2.43. The molecule has 6 heteroatoms. The SMILES string of the molecule is CN=C(NCCc1nccn1Cc1ccccc1)NCC(C)(C)c1cccs1. The minimum Gasteiger partial charge on any atom is -0.356 e. The predicted octanol–water partition coefficient (Wildman–Crippen LogP) is 3.68. The van der Waals surface area contributed by atoms with E-state index in [1.54, 1.807) is 11.3 Å². The number of hydrogen-bond acceptors (Lipinski definition) is 3. The molecular weight excluding hydrogens is 366 g/mol. The average molecular weight is 396 g/mol. The molecule has 0 aliphatic carbocycles. The van der Waals surface area contributed by atoms with Crippen molar-refractivity contribution in [2.45, 2.75) is 32.2 Å². The molecule has 0 unspecified atom stereocenters.